The van der Waals surface area contributed by atoms with Crippen molar-refractivity contribution in [3.8, 4) is 61.3 Å². The van der Waals surface area contributed by atoms with Crippen LogP contribution >= 0.6 is 0 Å². The van der Waals surface area contributed by atoms with Crippen LogP contribution in [0.1, 0.15) is 0 Å². The summed E-state index contributed by atoms with van der Waals surface area (Å²) in [4.78, 5) is 2.39. The van der Waals surface area contributed by atoms with Crippen molar-refractivity contribution >= 4 is 60.4 Å². The maximum absolute atomic E-state index is 2.45. The van der Waals surface area contributed by atoms with Gasteiger partial charge in [0.1, 0.15) is 0 Å². The predicted octanol–water partition coefficient (Wildman–Crippen LogP) is 18.9. The molecule has 0 unspecified atom stereocenters. The van der Waals surface area contributed by atoms with Gasteiger partial charge < -0.3 is 9.47 Å². The molecule has 0 amide bonds. The number of para-hydroxylation sites is 2. The molecule has 328 valence electrons. The van der Waals surface area contributed by atoms with E-state index in [-0.39, 0.29) is 0 Å². The van der Waals surface area contributed by atoms with Crippen molar-refractivity contribution in [2.75, 3.05) is 4.90 Å². The number of hydrogen-bond donors (Lipinski definition) is 0. The largest absolute Gasteiger partial charge is 0.310 e. The van der Waals surface area contributed by atoms with E-state index in [1.807, 2.05) is 0 Å². The Labute approximate surface area is 408 Å². The number of aromatic nitrogens is 1. The first-order valence-corrected chi connectivity index (χ1v) is 24.1. The van der Waals surface area contributed by atoms with Gasteiger partial charge in [0, 0.05) is 39.1 Å². The molecule has 0 aliphatic rings. The van der Waals surface area contributed by atoms with E-state index in [1.54, 1.807) is 0 Å². The van der Waals surface area contributed by atoms with Gasteiger partial charge in [-0.1, -0.05) is 218 Å². The van der Waals surface area contributed by atoms with Crippen LogP contribution < -0.4 is 4.90 Å². The summed E-state index contributed by atoms with van der Waals surface area (Å²) in [5.41, 5.74) is 18.7. The molecular weight excluding hydrogens is 845 g/mol. The second kappa shape index (κ2) is 17.4. The van der Waals surface area contributed by atoms with Crippen LogP contribution in [0.25, 0.3) is 105 Å². The zero-order chi connectivity index (χ0) is 46.4. The zero-order valence-corrected chi connectivity index (χ0v) is 38.5. The summed E-state index contributed by atoms with van der Waals surface area (Å²) in [6.07, 6.45) is 0. The highest BCUT2D eigenvalue weighted by Gasteiger charge is 2.21. The molecule has 0 bridgehead atoms. The van der Waals surface area contributed by atoms with E-state index in [0.29, 0.717) is 0 Å². The summed E-state index contributed by atoms with van der Waals surface area (Å²) in [5, 5.41) is 7.52. The predicted molar refractivity (Wildman–Crippen MR) is 298 cm³/mol. The Morgan fingerprint density at radius 1 is 0.257 bits per heavy atom. The Bertz CT molecular complexity index is 4000. The van der Waals surface area contributed by atoms with Crippen LogP contribution in [0.4, 0.5) is 17.1 Å². The van der Waals surface area contributed by atoms with Crippen LogP contribution in [0.3, 0.4) is 0 Å². The van der Waals surface area contributed by atoms with Gasteiger partial charge in [0.25, 0.3) is 0 Å². The molecule has 12 aromatic carbocycles. The van der Waals surface area contributed by atoms with Crippen molar-refractivity contribution in [1.29, 1.82) is 0 Å². The second-order valence-corrected chi connectivity index (χ2v) is 18.1. The summed E-state index contributed by atoms with van der Waals surface area (Å²) < 4.78 is 2.45. The fraction of sp³-hybridized carbons (Fsp3) is 0. The lowest BCUT2D eigenvalue weighted by Crippen LogP contribution is -2.10. The van der Waals surface area contributed by atoms with E-state index in [9.17, 15) is 0 Å². The molecular formula is C68H46N2. The number of fused-ring (bicyclic) bond motifs is 6. The molecule has 0 radical (unpaired) electrons. The highest BCUT2D eigenvalue weighted by molar-refractivity contribution is 6.19. The lowest BCUT2D eigenvalue weighted by Gasteiger charge is -2.26. The van der Waals surface area contributed by atoms with Gasteiger partial charge in [-0.25, -0.2) is 0 Å². The molecule has 0 N–H and O–H groups in total. The summed E-state index contributed by atoms with van der Waals surface area (Å²) in [5.74, 6) is 0. The van der Waals surface area contributed by atoms with E-state index in [4.69, 9.17) is 0 Å². The molecule has 13 aromatic rings. The molecule has 13 rings (SSSR count). The molecule has 0 saturated heterocycles. The van der Waals surface area contributed by atoms with Gasteiger partial charge in [0.15, 0.2) is 0 Å². The highest BCUT2D eigenvalue weighted by atomic mass is 15.1. The molecule has 2 nitrogen and oxygen atoms in total. The molecule has 0 spiro atoms. The molecule has 0 saturated carbocycles. The van der Waals surface area contributed by atoms with E-state index >= 15 is 0 Å². The van der Waals surface area contributed by atoms with Crippen LogP contribution in [-0.4, -0.2) is 4.57 Å². The summed E-state index contributed by atoms with van der Waals surface area (Å²) in [6, 6.07) is 102. The van der Waals surface area contributed by atoms with Crippen LogP contribution in [0.2, 0.25) is 0 Å². The van der Waals surface area contributed by atoms with E-state index in [0.717, 1.165) is 28.3 Å². The fourth-order valence-corrected chi connectivity index (χ4v) is 10.6. The lowest BCUT2D eigenvalue weighted by molar-refractivity contribution is 1.18. The summed E-state index contributed by atoms with van der Waals surface area (Å²) in [6.45, 7) is 0. The van der Waals surface area contributed by atoms with Gasteiger partial charge in [0.05, 0.1) is 11.0 Å². The van der Waals surface area contributed by atoms with E-state index in [1.165, 1.54) is 93.4 Å². The molecule has 0 fully saturated rings. The smallest absolute Gasteiger partial charge is 0.0619 e. The van der Waals surface area contributed by atoms with Crippen LogP contribution in [0.15, 0.2) is 279 Å². The Kier molecular flexibility index (Phi) is 10.2. The first-order chi connectivity index (χ1) is 34.7. The van der Waals surface area contributed by atoms with Gasteiger partial charge in [-0.05, 0) is 132 Å². The minimum absolute atomic E-state index is 1.08. The van der Waals surface area contributed by atoms with Crippen molar-refractivity contribution in [3.05, 3.63) is 279 Å². The quantitative estimate of drug-likeness (QED) is 0.131. The summed E-state index contributed by atoms with van der Waals surface area (Å²) >= 11 is 0. The average molecular weight is 891 g/mol. The molecule has 0 aliphatic heterocycles. The lowest BCUT2D eigenvalue weighted by atomic mass is 9.96. The highest BCUT2D eigenvalue weighted by Crippen LogP contribution is 2.44. The number of nitrogens with zero attached hydrogens (tertiary/aromatic N) is 2. The van der Waals surface area contributed by atoms with Gasteiger partial charge in [-0.15, -0.1) is 0 Å². The normalized spacial score (nSPS) is 11.4. The van der Waals surface area contributed by atoms with Crippen LogP contribution in [0, 0.1) is 0 Å². The van der Waals surface area contributed by atoms with Crippen molar-refractivity contribution in [1.82, 2.24) is 4.57 Å². The maximum Gasteiger partial charge on any atom is 0.0619 e. The monoisotopic (exact) mass is 890 g/mol. The topological polar surface area (TPSA) is 8.17 Å². The molecule has 0 atom stereocenters. The molecule has 0 aliphatic carbocycles. The third-order valence-corrected chi connectivity index (χ3v) is 14.0. The van der Waals surface area contributed by atoms with Gasteiger partial charge >= 0.3 is 0 Å². The van der Waals surface area contributed by atoms with E-state index in [2.05, 4.69) is 289 Å². The minimum Gasteiger partial charge on any atom is -0.310 e. The number of rotatable bonds is 9. The average Bonchev–Trinajstić information content (AvgIpc) is 3.79. The van der Waals surface area contributed by atoms with Gasteiger partial charge in [-0.3, -0.25) is 0 Å². The third kappa shape index (κ3) is 7.31. The minimum atomic E-state index is 1.08. The third-order valence-electron chi connectivity index (χ3n) is 14.0. The van der Waals surface area contributed by atoms with Crippen molar-refractivity contribution in [2.45, 2.75) is 0 Å². The second-order valence-electron chi connectivity index (χ2n) is 18.1. The van der Waals surface area contributed by atoms with Crippen molar-refractivity contribution < 1.29 is 0 Å². The number of benzene rings is 12. The molecule has 2 heteroatoms. The van der Waals surface area contributed by atoms with Crippen LogP contribution in [0.5, 0.6) is 0 Å². The van der Waals surface area contributed by atoms with E-state index < -0.39 is 0 Å². The molecule has 1 aromatic heterocycles. The first-order valence-electron chi connectivity index (χ1n) is 24.1. The molecule has 1 heterocycles. The number of hydrogen-bond acceptors (Lipinski definition) is 1. The SMILES string of the molecule is c1ccc(-c2ccc(-c3ccc(N(c4ccc(-c5ccc6c(ccc7ccccc76)c5)cc4)c4cccc(-c5cccc6c5c5cccc(-c7ccccc7)c5n6-c5ccccc5)c4)cc3)cc2)cc1. The van der Waals surface area contributed by atoms with Gasteiger partial charge in [-0.2, -0.15) is 0 Å². The Morgan fingerprint density at radius 2 is 0.743 bits per heavy atom. The summed E-state index contributed by atoms with van der Waals surface area (Å²) in [7, 11) is 0. The Morgan fingerprint density at radius 3 is 1.44 bits per heavy atom. The fourth-order valence-electron chi connectivity index (χ4n) is 10.6. The maximum atomic E-state index is 2.45. The van der Waals surface area contributed by atoms with Crippen molar-refractivity contribution in [2.24, 2.45) is 0 Å². The zero-order valence-electron chi connectivity index (χ0n) is 38.5. The standard InChI is InChI=1S/C68H46N2/c1-4-15-47(16-5-1)48-29-31-49(32-30-48)50-35-40-58(41-36-50)69(59-42-37-51(38-43-59)54-39-44-62-56(45-54)34-33-53-19-10-11-24-61(53)62)60-23-12-20-55(46-60)63-25-14-28-66-67(63)65-27-13-26-64(52-17-6-2-7-18-52)68(65)70(66)57-21-8-3-9-22-57/h1-46H. The number of anilines is 3. The van der Waals surface area contributed by atoms with Gasteiger partial charge in [0.2, 0.25) is 0 Å². The molecule has 70 heavy (non-hydrogen) atoms. The van der Waals surface area contributed by atoms with Crippen LogP contribution in [-0.2, 0) is 0 Å². The first kappa shape index (κ1) is 41.0. The van der Waals surface area contributed by atoms with Crippen molar-refractivity contribution in [3.63, 3.8) is 0 Å². The Hall–Kier alpha value is -9.24. The Balaban J connectivity index is 0.933.